The maximum absolute atomic E-state index is 6.50. The molecule has 0 bridgehead atoms. The lowest BCUT2D eigenvalue weighted by atomic mass is 9.92. The number of furan rings is 1. The number of nitrogens with zero attached hydrogens (tertiary/aromatic N) is 1. The van der Waals surface area contributed by atoms with Gasteiger partial charge in [0.25, 0.3) is 0 Å². The molecule has 0 amide bonds. The first-order valence-electron chi connectivity index (χ1n) is 15.0. The number of hydrogen-bond donors (Lipinski definition) is 0. The molecule has 44 heavy (non-hydrogen) atoms. The van der Waals surface area contributed by atoms with Gasteiger partial charge in [0.1, 0.15) is 11.2 Å². The van der Waals surface area contributed by atoms with E-state index in [2.05, 4.69) is 169 Å². The highest BCUT2D eigenvalue weighted by Crippen LogP contribution is 2.45. The molecule has 0 fully saturated rings. The molecule has 1 aromatic heterocycles. The summed E-state index contributed by atoms with van der Waals surface area (Å²) in [5, 5.41) is 7.40. The van der Waals surface area contributed by atoms with Crippen LogP contribution in [0.1, 0.15) is 0 Å². The molecule has 0 N–H and O–H groups in total. The van der Waals surface area contributed by atoms with E-state index in [1.165, 1.54) is 43.4 Å². The zero-order chi connectivity index (χ0) is 29.0. The summed E-state index contributed by atoms with van der Waals surface area (Å²) in [4.78, 5) is 2.32. The lowest BCUT2D eigenvalue weighted by Gasteiger charge is -2.26. The summed E-state index contributed by atoms with van der Waals surface area (Å²) in [7, 11) is 0. The van der Waals surface area contributed by atoms with Gasteiger partial charge in [0.15, 0.2) is 0 Å². The fraction of sp³-hybridized carbons (Fsp3) is 0. The maximum Gasteiger partial charge on any atom is 0.136 e. The first-order chi connectivity index (χ1) is 21.8. The largest absolute Gasteiger partial charge is 0.456 e. The Balaban J connectivity index is 1.21. The number of benzene rings is 8. The monoisotopic (exact) mass is 561 g/mol. The van der Waals surface area contributed by atoms with E-state index in [9.17, 15) is 0 Å². The van der Waals surface area contributed by atoms with Crippen molar-refractivity contribution in [3.63, 3.8) is 0 Å². The van der Waals surface area contributed by atoms with Crippen LogP contribution in [0.4, 0.5) is 17.1 Å². The van der Waals surface area contributed by atoms with Crippen LogP contribution in [0.2, 0.25) is 0 Å². The van der Waals surface area contributed by atoms with Gasteiger partial charge < -0.3 is 9.32 Å². The van der Waals surface area contributed by atoms with Crippen LogP contribution >= 0.6 is 0 Å². The van der Waals surface area contributed by atoms with Crippen molar-refractivity contribution in [3.05, 3.63) is 164 Å². The summed E-state index contributed by atoms with van der Waals surface area (Å²) in [6, 6.07) is 58.4. The van der Waals surface area contributed by atoms with Crippen LogP contribution < -0.4 is 4.90 Å². The number of rotatable bonds is 5. The third-order valence-corrected chi connectivity index (χ3v) is 8.79. The average molecular weight is 562 g/mol. The van der Waals surface area contributed by atoms with Gasteiger partial charge in [0, 0.05) is 27.8 Å². The summed E-state index contributed by atoms with van der Waals surface area (Å²) >= 11 is 0. The van der Waals surface area contributed by atoms with E-state index in [0.717, 1.165) is 39.4 Å². The quantitative estimate of drug-likeness (QED) is 0.194. The van der Waals surface area contributed by atoms with Gasteiger partial charge in [-0.2, -0.15) is 0 Å². The Morgan fingerprint density at radius 3 is 1.68 bits per heavy atom. The predicted octanol–water partition coefficient (Wildman–Crippen LogP) is 12.1. The molecule has 206 valence electrons. The van der Waals surface area contributed by atoms with Gasteiger partial charge in [-0.25, -0.2) is 0 Å². The average Bonchev–Trinajstić information content (AvgIpc) is 3.48. The van der Waals surface area contributed by atoms with Crippen molar-refractivity contribution in [3.8, 4) is 22.3 Å². The standard InChI is InChI=1S/C42H27NO/c1-3-11-28(12-4-1)29-21-23-33(24-22-29)43(32-14-5-2-6-15-32)34-16-9-13-30(25-34)31-26-38-36-18-8-7-17-35(36)37-19-10-20-39-41(37)42(38)40(27-31)44-39/h1-27H. The summed E-state index contributed by atoms with van der Waals surface area (Å²) in [5.41, 5.74) is 9.88. The van der Waals surface area contributed by atoms with Crippen molar-refractivity contribution in [2.24, 2.45) is 0 Å². The minimum absolute atomic E-state index is 0.927. The van der Waals surface area contributed by atoms with Crippen LogP contribution in [0.25, 0.3) is 65.7 Å². The molecule has 0 aliphatic heterocycles. The van der Waals surface area contributed by atoms with Crippen molar-refractivity contribution in [1.82, 2.24) is 0 Å². The molecular weight excluding hydrogens is 534 g/mol. The van der Waals surface area contributed by atoms with Gasteiger partial charge in [-0.15, -0.1) is 0 Å². The smallest absolute Gasteiger partial charge is 0.136 e. The Labute approximate surface area is 255 Å². The molecule has 0 unspecified atom stereocenters. The van der Waals surface area contributed by atoms with Crippen LogP contribution in [-0.2, 0) is 0 Å². The molecule has 0 spiro atoms. The van der Waals surface area contributed by atoms with E-state index in [-0.39, 0.29) is 0 Å². The highest BCUT2D eigenvalue weighted by Gasteiger charge is 2.19. The van der Waals surface area contributed by atoms with Gasteiger partial charge in [0.2, 0.25) is 0 Å². The number of anilines is 3. The van der Waals surface area contributed by atoms with Gasteiger partial charge in [-0.3, -0.25) is 0 Å². The van der Waals surface area contributed by atoms with Crippen molar-refractivity contribution in [2.75, 3.05) is 4.90 Å². The van der Waals surface area contributed by atoms with Crippen LogP contribution in [0, 0.1) is 0 Å². The highest BCUT2D eigenvalue weighted by atomic mass is 16.3. The Morgan fingerprint density at radius 2 is 0.886 bits per heavy atom. The number of para-hydroxylation sites is 1. The molecule has 2 nitrogen and oxygen atoms in total. The zero-order valence-corrected chi connectivity index (χ0v) is 23.9. The molecule has 8 aromatic carbocycles. The maximum atomic E-state index is 6.50. The Hall–Kier alpha value is -5.86. The van der Waals surface area contributed by atoms with Crippen LogP contribution in [0.5, 0.6) is 0 Å². The fourth-order valence-electron chi connectivity index (χ4n) is 6.79. The summed E-state index contributed by atoms with van der Waals surface area (Å²) in [5.74, 6) is 0. The highest BCUT2D eigenvalue weighted by molar-refractivity contribution is 6.33. The molecule has 2 heteroatoms. The Kier molecular flexibility index (Phi) is 5.54. The number of fused-ring (bicyclic) bond motifs is 3. The van der Waals surface area contributed by atoms with Gasteiger partial charge in [-0.05, 0) is 98.4 Å². The molecule has 0 atom stereocenters. The van der Waals surface area contributed by atoms with Gasteiger partial charge in [0.05, 0.1) is 0 Å². The molecule has 0 saturated heterocycles. The van der Waals surface area contributed by atoms with Gasteiger partial charge >= 0.3 is 0 Å². The van der Waals surface area contributed by atoms with Crippen molar-refractivity contribution in [1.29, 1.82) is 0 Å². The molecule has 1 heterocycles. The minimum Gasteiger partial charge on any atom is -0.456 e. The normalized spacial score (nSPS) is 11.6. The summed E-state index contributed by atoms with van der Waals surface area (Å²) < 4.78 is 6.50. The fourth-order valence-corrected chi connectivity index (χ4v) is 6.79. The molecule has 9 aromatic rings. The molecular formula is C42H27NO. The van der Waals surface area contributed by atoms with E-state index < -0.39 is 0 Å². The van der Waals surface area contributed by atoms with E-state index in [1.807, 2.05) is 0 Å². The van der Waals surface area contributed by atoms with Crippen molar-refractivity contribution < 1.29 is 4.42 Å². The SMILES string of the molecule is c1ccc(-c2ccc(N(c3ccccc3)c3cccc(-c4cc5oc6cccc7c8ccccc8c(c4)c5c67)c3)cc2)cc1. The Morgan fingerprint density at radius 1 is 0.318 bits per heavy atom. The predicted molar refractivity (Wildman–Crippen MR) is 185 cm³/mol. The van der Waals surface area contributed by atoms with Crippen molar-refractivity contribution in [2.45, 2.75) is 0 Å². The van der Waals surface area contributed by atoms with Gasteiger partial charge in [-0.1, -0.05) is 109 Å². The topological polar surface area (TPSA) is 16.4 Å². The van der Waals surface area contributed by atoms with Crippen LogP contribution in [-0.4, -0.2) is 0 Å². The second-order valence-corrected chi connectivity index (χ2v) is 11.4. The van der Waals surface area contributed by atoms with Crippen LogP contribution in [0.15, 0.2) is 168 Å². The minimum atomic E-state index is 0.927. The molecule has 0 radical (unpaired) electrons. The van der Waals surface area contributed by atoms with E-state index in [1.54, 1.807) is 0 Å². The van der Waals surface area contributed by atoms with Crippen molar-refractivity contribution >= 4 is 60.5 Å². The first kappa shape index (κ1) is 24.7. The molecule has 0 aliphatic carbocycles. The molecule has 0 saturated carbocycles. The molecule has 0 aliphatic rings. The first-order valence-corrected chi connectivity index (χ1v) is 15.0. The second-order valence-electron chi connectivity index (χ2n) is 11.4. The van der Waals surface area contributed by atoms with E-state index in [4.69, 9.17) is 4.42 Å². The lowest BCUT2D eigenvalue weighted by Crippen LogP contribution is -2.09. The summed E-state index contributed by atoms with van der Waals surface area (Å²) in [6.07, 6.45) is 0. The van der Waals surface area contributed by atoms with E-state index in [0.29, 0.717) is 0 Å². The van der Waals surface area contributed by atoms with Crippen LogP contribution in [0.3, 0.4) is 0 Å². The molecule has 9 rings (SSSR count). The second kappa shape index (κ2) is 9.86. The number of hydrogen-bond acceptors (Lipinski definition) is 2. The lowest BCUT2D eigenvalue weighted by molar-refractivity contribution is 0.669. The third kappa shape index (κ3) is 3.89. The van der Waals surface area contributed by atoms with E-state index >= 15 is 0 Å². The zero-order valence-electron chi connectivity index (χ0n) is 23.9. The third-order valence-electron chi connectivity index (χ3n) is 8.79. The summed E-state index contributed by atoms with van der Waals surface area (Å²) in [6.45, 7) is 0. The Bertz CT molecular complexity index is 2420.